The lowest BCUT2D eigenvalue weighted by Gasteiger charge is -2.32. The van der Waals surface area contributed by atoms with Crippen molar-refractivity contribution in [1.29, 1.82) is 0 Å². The summed E-state index contributed by atoms with van der Waals surface area (Å²) < 4.78 is 0. The minimum atomic E-state index is 0.0339. The molecule has 2 fully saturated rings. The Hall–Kier alpha value is -1.40. The minimum absolute atomic E-state index is 0.0339. The molecule has 6 heteroatoms. The Labute approximate surface area is 154 Å². The molecule has 0 spiro atoms. The molecule has 1 saturated carbocycles. The zero-order chi connectivity index (χ0) is 17.6. The molecule has 5 nitrogen and oxygen atoms in total. The average Bonchev–Trinajstić information content (AvgIpc) is 3.04. The van der Waals surface area contributed by atoms with Crippen LogP contribution in [0.5, 0.6) is 0 Å². The van der Waals surface area contributed by atoms with Crippen LogP contribution in [0, 0.1) is 6.92 Å². The van der Waals surface area contributed by atoms with Crippen LogP contribution in [0.2, 0.25) is 0 Å². The molecule has 2 aliphatic rings. The summed E-state index contributed by atoms with van der Waals surface area (Å²) in [6.45, 7) is 4.23. The summed E-state index contributed by atoms with van der Waals surface area (Å²) in [4.78, 5) is 28.6. The lowest BCUT2D eigenvalue weighted by atomic mass is 9.95. The van der Waals surface area contributed by atoms with Crippen LogP contribution in [0.15, 0.2) is 12.1 Å². The van der Waals surface area contributed by atoms with Crippen LogP contribution in [-0.4, -0.2) is 48.4 Å². The number of amides is 2. The largest absolute Gasteiger partial charge is 0.352 e. The van der Waals surface area contributed by atoms with Crippen molar-refractivity contribution in [2.75, 3.05) is 19.6 Å². The Balaban J connectivity index is 1.36. The third-order valence-corrected chi connectivity index (χ3v) is 6.22. The van der Waals surface area contributed by atoms with Gasteiger partial charge in [-0.15, -0.1) is 11.3 Å². The van der Waals surface area contributed by atoms with Crippen molar-refractivity contribution >= 4 is 23.2 Å². The second-order valence-corrected chi connectivity index (χ2v) is 8.62. The number of likely N-dealkylation sites (tertiary alicyclic amines) is 1. The van der Waals surface area contributed by atoms with E-state index in [4.69, 9.17) is 0 Å². The minimum Gasteiger partial charge on any atom is -0.352 e. The van der Waals surface area contributed by atoms with Gasteiger partial charge in [-0.3, -0.25) is 14.5 Å². The van der Waals surface area contributed by atoms with Crippen LogP contribution in [0.1, 0.15) is 59.5 Å². The molecule has 0 atom stereocenters. The first kappa shape index (κ1) is 18.4. The second-order valence-electron chi connectivity index (χ2n) is 7.34. The van der Waals surface area contributed by atoms with Crippen LogP contribution < -0.4 is 10.6 Å². The smallest absolute Gasteiger partial charge is 0.261 e. The highest BCUT2D eigenvalue weighted by Gasteiger charge is 2.24. The van der Waals surface area contributed by atoms with Crippen molar-refractivity contribution in [3.05, 3.63) is 21.9 Å². The molecule has 2 heterocycles. The summed E-state index contributed by atoms with van der Waals surface area (Å²) in [6, 6.07) is 4.47. The van der Waals surface area contributed by atoms with Gasteiger partial charge in [0.1, 0.15) is 0 Å². The maximum atomic E-state index is 12.2. The van der Waals surface area contributed by atoms with Crippen LogP contribution in [-0.2, 0) is 4.79 Å². The lowest BCUT2D eigenvalue weighted by molar-refractivity contribution is -0.123. The second kappa shape index (κ2) is 8.81. The molecule has 0 bridgehead atoms. The first-order chi connectivity index (χ1) is 12.1. The maximum Gasteiger partial charge on any atom is 0.261 e. The predicted molar refractivity (Wildman–Crippen MR) is 101 cm³/mol. The monoisotopic (exact) mass is 363 g/mol. The molecule has 0 unspecified atom stereocenters. The highest BCUT2D eigenvalue weighted by atomic mass is 32.1. The fraction of sp³-hybridized carbons (Fsp3) is 0.684. The van der Waals surface area contributed by atoms with Gasteiger partial charge in [0.05, 0.1) is 11.4 Å². The lowest BCUT2D eigenvalue weighted by Crippen LogP contribution is -2.48. The summed E-state index contributed by atoms with van der Waals surface area (Å²) >= 11 is 1.53. The van der Waals surface area contributed by atoms with Gasteiger partial charge >= 0.3 is 0 Å². The molecule has 2 N–H and O–H groups in total. The predicted octanol–water partition coefficient (Wildman–Crippen LogP) is 2.70. The first-order valence-electron chi connectivity index (χ1n) is 9.49. The number of thiophene rings is 1. The van der Waals surface area contributed by atoms with Crippen molar-refractivity contribution in [3.63, 3.8) is 0 Å². The molecule has 0 aromatic carbocycles. The zero-order valence-electron chi connectivity index (χ0n) is 15.1. The number of rotatable bonds is 5. The summed E-state index contributed by atoms with van der Waals surface area (Å²) in [7, 11) is 0. The fourth-order valence-electron chi connectivity index (χ4n) is 3.77. The number of nitrogens with zero attached hydrogens (tertiary/aromatic N) is 1. The SMILES string of the molecule is Cc1ccc(C(=O)NC2CCN(CC(=O)NC3CCCCC3)CC2)s1. The molecule has 3 rings (SSSR count). The van der Waals surface area contributed by atoms with E-state index < -0.39 is 0 Å². The Kier molecular flexibility index (Phi) is 6.48. The van der Waals surface area contributed by atoms with Crippen molar-refractivity contribution in [2.45, 2.75) is 64.0 Å². The van der Waals surface area contributed by atoms with E-state index in [2.05, 4.69) is 15.5 Å². The van der Waals surface area contributed by atoms with Gasteiger partial charge < -0.3 is 10.6 Å². The van der Waals surface area contributed by atoms with Gasteiger partial charge in [0.15, 0.2) is 0 Å². The Morgan fingerprint density at radius 2 is 1.72 bits per heavy atom. The van der Waals surface area contributed by atoms with Gasteiger partial charge in [0, 0.05) is 30.1 Å². The number of hydrogen-bond acceptors (Lipinski definition) is 4. The number of aryl methyl sites for hydroxylation is 1. The van der Waals surface area contributed by atoms with Crippen LogP contribution >= 0.6 is 11.3 Å². The summed E-state index contributed by atoms with van der Waals surface area (Å²) in [5.74, 6) is 0.190. The van der Waals surface area contributed by atoms with E-state index in [1.165, 1.54) is 30.6 Å². The Bertz CT molecular complexity index is 587. The number of nitrogens with one attached hydrogen (secondary N) is 2. The quantitative estimate of drug-likeness (QED) is 0.845. The third-order valence-electron chi connectivity index (χ3n) is 5.22. The van der Waals surface area contributed by atoms with E-state index in [0.717, 1.165) is 48.5 Å². The molecule has 138 valence electrons. The molecular formula is C19H29N3O2S. The van der Waals surface area contributed by atoms with E-state index >= 15 is 0 Å². The van der Waals surface area contributed by atoms with E-state index in [1.807, 2.05) is 19.1 Å². The summed E-state index contributed by atoms with van der Waals surface area (Å²) in [5.41, 5.74) is 0. The van der Waals surface area contributed by atoms with Crippen molar-refractivity contribution in [1.82, 2.24) is 15.5 Å². The molecule has 0 radical (unpaired) electrons. The van der Waals surface area contributed by atoms with Crippen molar-refractivity contribution in [2.24, 2.45) is 0 Å². The van der Waals surface area contributed by atoms with Gasteiger partial charge in [-0.05, 0) is 44.7 Å². The van der Waals surface area contributed by atoms with Gasteiger partial charge in [-0.2, -0.15) is 0 Å². The summed E-state index contributed by atoms with van der Waals surface area (Å²) in [5, 5.41) is 6.32. The Morgan fingerprint density at radius 1 is 1.04 bits per heavy atom. The van der Waals surface area contributed by atoms with Crippen LogP contribution in [0.25, 0.3) is 0 Å². The number of hydrogen-bond donors (Lipinski definition) is 2. The van der Waals surface area contributed by atoms with Gasteiger partial charge in [-0.25, -0.2) is 0 Å². The summed E-state index contributed by atoms with van der Waals surface area (Å²) in [6.07, 6.45) is 7.85. The van der Waals surface area contributed by atoms with E-state index in [1.54, 1.807) is 0 Å². The number of piperidine rings is 1. The van der Waals surface area contributed by atoms with Gasteiger partial charge in [0.2, 0.25) is 5.91 Å². The first-order valence-corrected chi connectivity index (χ1v) is 10.3. The number of carbonyl (C=O) groups is 2. The third kappa shape index (κ3) is 5.54. The molecule has 2 amide bonds. The Morgan fingerprint density at radius 3 is 2.36 bits per heavy atom. The average molecular weight is 364 g/mol. The highest BCUT2D eigenvalue weighted by molar-refractivity contribution is 7.13. The zero-order valence-corrected chi connectivity index (χ0v) is 15.9. The van der Waals surface area contributed by atoms with Crippen molar-refractivity contribution in [3.8, 4) is 0 Å². The molecule has 1 aromatic rings. The van der Waals surface area contributed by atoms with Gasteiger partial charge in [0.25, 0.3) is 5.91 Å². The van der Waals surface area contributed by atoms with E-state index in [0.29, 0.717) is 12.6 Å². The van der Waals surface area contributed by atoms with E-state index in [-0.39, 0.29) is 17.9 Å². The van der Waals surface area contributed by atoms with E-state index in [9.17, 15) is 9.59 Å². The molecule has 1 saturated heterocycles. The molecule has 25 heavy (non-hydrogen) atoms. The molecule has 1 aromatic heterocycles. The normalized spacial score (nSPS) is 20.4. The van der Waals surface area contributed by atoms with Crippen LogP contribution in [0.4, 0.5) is 0 Å². The molecule has 1 aliphatic heterocycles. The maximum absolute atomic E-state index is 12.2. The standard InChI is InChI=1S/C19H29N3O2S/c1-14-7-8-17(25-14)19(24)21-16-9-11-22(12-10-16)13-18(23)20-15-5-3-2-4-6-15/h7-8,15-16H,2-6,9-13H2,1H3,(H,20,23)(H,21,24). The van der Waals surface area contributed by atoms with Gasteiger partial charge in [-0.1, -0.05) is 19.3 Å². The van der Waals surface area contributed by atoms with Crippen LogP contribution in [0.3, 0.4) is 0 Å². The fourth-order valence-corrected chi connectivity index (χ4v) is 4.54. The van der Waals surface area contributed by atoms with Crippen molar-refractivity contribution < 1.29 is 9.59 Å². The number of carbonyl (C=O) groups excluding carboxylic acids is 2. The topological polar surface area (TPSA) is 61.4 Å². The molecular weight excluding hydrogens is 334 g/mol. The molecule has 1 aliphatic carbocycles. The highest BCUT2D eigenvalue weighted by Crippen LogP contribution is 2.18.